The summed E-state index contributed by atoms with van der Waals surface area (Å²) in [4.78, 5) is 2.45. The molecule has 2 aliphatic rings. The Morgan fingerprint density at radius 3 is 1.57 bits per heavy atom. The quantitative estimate of drug-likeness (QED) is 0.211. The van der Waals surface area contributed by atoms with Crippen LogP contribution in [0.15, 0.2) is 132 Å². The summed E-state index contributed by atoms with van der Waals surface area (Å²) in [5.74, 6) is 0. The Morgan fingerprint density at radius 1 is 0.455 bits per heavy atom. The summed E-state index contributed by atoms with van der Waals surface area (Å²) >= 11 is 0. The summed E-state index contributed by atoms with van der Waals surface area (Å²) in [6.07, 6.45) is 0. The van der Waals surface area contributed by atoms with Crippen molar-refractivity contribution in [3.63, 3.8) is 0 Å². The molecule has 212 valence electrons. The highest BCUT2D eigenvalue weighted by Crippen LogP contribution is 2.53. The monoisotopic (exact) mass is 567 g/mol. The molecule has 0 amide bonds. The van der Waals surface area contributed by atoms with Crippen LogP contribution in [-0.4, -0.2) is 0 Å². The van der Waals surface area contributed by atoms with Gasteiger partial charge in [0.25, 0.3) is 0 Å². The van der Waals surface area contributed by atoms with Crippen LogP contribution in [-0.2, 0) is 10.8 Å². The molecular formula is C42H33NO. The first kappa shape index (κ1) is 25.4. The van der Waals surface area contributed by atoms with E-state index >= 15 is 0 Å². The van der Waals surface area contributed by atoms with E-state index in [9.17, 15) is 0 Å². The molecule has 44 heavy (non-hydrogen) atoms. The molecule has 0 saturated heterocycles. The fourth-order valence-electron chi connectivity index (χ4n) is 8.03. The van der Waals surface area contributed by atoms with Crippen molar-refractivity contribution in [1.29, 1.82) is 0 Å². The molecule has 0 bridgehead atoms. The molecule has 0 atom stereocenters. The summed E-state index contributed by atoms with van der Waals surface area (Å²) in [6, 6.07) is 46.6. The number of hydrogen-bond acceptors (Lipinski definition) is 2. The van der Waals surface area contributed by atoms with E-state index in [1.54, 1.807) is 0 Å². The average molecular weight is 568 g/mol. The van der Waals surface area contributed by atoms with E-state index < -0.39 is 0 Å². The van der Waals surface area contributed by atoms with Crippen LogP contribution in [0.5, 0.6) is 0 Å². The van der Waals surface area contributed by atoms with Gasteiger partial charge in [-0.05, 0) is 87.0 Å². The van der Waals surface area contributed by atoms with E-state index in [4.69, 9.17) is 4.42 Å². The standard InChI is InChI=1S/C42H33NO/c1-41(2)33-15-8-5-12-28(33)30-22-20-26(24-35(30)41)43(37-17-11-19-39-40(37)32-14-7-10-18-38(32)44-39)27-21-23-31-29-13-6-9-16-34(29)42(3,4)36(31)25-27/h5-25H,1-4H3. The molecule has 0 fully saturated rings. The lowest BCUT2D eigenvalue weighted by Crippen LogP contribution is -2.18. The first-order chi connectivity index (χ1) is 21.3. The van der Waals surface area contributed by atoms with Gasteiger partial charge in [-0.1, -0.05) is 113 Å². The molecule has 7 aromatic rings. The second kappa shape index (κ2) is 8.74. The molecule has 1 aromatic heterocycles. The zero-order chi connectivity index (χ0) is 29.8. The van der Waals surface area contributed by atoms with E-state index in [1.165, 1.54) is 44.5 Å². The van der Waals surface area contributed by atoms with Gasteiger partial charge in [0, 0.05) is 27.6 Å². The normalized spacial score (nSPS) is 15.2. The zero-order valence-electron chi connectivity index (χ0n) is 25.5. The number of furan rings is 1. The van der Waals surface area contributed by atoms with Crippen molar-refractivity contribution in [3.05, 3.63) is 150 Å². The van der Waals surface area contributed by atoms with Gasteiger partial charge in [-0.15, -0.1) is 0 Å². The molecule has 6 aromatic carbocycles. The Bertz CT molecular complexity index is 2190. The Kier molecular flexibility index (Phi) is 5.05. The van der Waals surface area contributed by atoms with E-state index in [1.807, 2.05) is 6.07 Å². The fraction of sp³-hybridized carbons (Fsp3) is 0.143. The molecule has 2 nitrogen and oxygen atoms in total. The van der Waals surface area contributed by atoms with Crippen LogP contribution in [0, 0.1) is 0 Å². The lowest BCUT2D eigenvalue weighted by molar-refractivity contribution is 0.660. The van der Waals surface area contributed by atoms with Crippen LogP contribution in [0.1, 0.15) is 49.9 Å². The Hall–Kier alpha value is -5.08. The third kappa shape index (κ3) is 3.31. The van der Waals surface area contributed by atoms with Crippen LogP contribution < -0.4 is 4.90 Å². The van der Waals surface area contributed by atoms with Gasteiger partial charge in [-0.3, -0.25) is 0 Å². The minimum Gasteiger partial charge on any atom is -0.456 e. The minimum absolute atomic E-state index is 0.0937. The van der Waals surface area contributed by atoms with Gasteiger partial charge in [-0.2, -0.15) is 0 Å². The number of hydrogen-bond donors (Lipinski definition) is 0. The van der Waals surface area contributed by atoms with E-state index in [0.717, 1.165) is 39.0 Å². The third-order valence-electron chi connectivity index (χ3n) is 10.3. The molecule has 9 rings (SSSR count). The van der Waals surface area contributed by atoms with Crippen LogP contribution in [0.25, 0.3) is 44.2 Å². The predicted octanol–water partition coefficient (Wildman–Crippen LogP) is 11.7. The molecule has 0 saturated carbocycles. The first-order valence-corrected chi connectivity index (χ1v) is 15.5. The highest BCUT2D eigenvalue weighted by molar-refractivity contribution is 6.13. The highest BCUT2D eigenvalue weighted by Gasteiger charge is 2.37. The maximum atomic E-state index is 6.39. The maximum absolute atomic E-state index is 6.39. The van der Waals surface area contributed by atoms with Crippen molar-refractivity contribution in [3.8, 4) is 22.3 Å². The number of nitrogens with zero attached hydrogens (tertiary/aromatic N) is 1. The fourth-order valence-corrected chi connectivity index (χ4v) is 8.03. The average Bonchev–Trinajstić information content (AvgIpc) is 3.62. The third-order valence-corrected chi connectivity index (χ3v) is 10.3. The van der Waals surface area contributed by atoms with Crippen molar-refractivity contribution in [2.24, 2.45) is 0 Å². The van der Waals surface area contributed by atoms with E-state index in [2.05, 4.69) is 154 Å². The highest BCUT2D eigenvalue weighted by atomic mass is 16.3. The van der Waals surface area contributed by atoms with Crippen molar-refractivity contribution >= 4 is 39.0 Å². The molecule has 0 aliphatic heterocycles. The molecule has 2 heteroatoms. The molecule has 0 radical (unpaired) electrons. The molecule has 0 unspecified atom stereocenters. The predicted molar refractivity (Wildman–Crippen MR) is 184 cm³/mol. The van der Waals surface area contributed by atoms with Gasteiger partial charge in [0.1, 0.15) is 11.2 Å². The Morgan fingerprint density at radius 2 is 0.955 bits per heavy atom. The summed E-state index contributed by atoms with van der Waals surface area (Å²) < 4.78 is 6.39. The second-order valence-electron chi connectivity index (χ2n) is 13.4. The molecule has 0 spiro atoms. The number of benzene rings is 6. The topological polar surface area (TPSA) is 16.4 Å². The van der Waals surface area contributed by atoms with Gasteiger partial charge < -0.3 is 9.32 Å². The van der Waals surface area contributed by atoms with Gasteiger partial charge in [0.15, 0.2) is 0 Å². The van der Waals surface area contributed by atoms with Gasteiger partial charge in [0.05, 0.1) is 11.1 Å². The Labute approximate surface area is 258 Å². The van der Waals surface area contributed by atoms with Gasteiger partial charge >= 0.3 is 0 Å². The second-order valence-corrected chi connectivity index (χ2v) is 13.4. The first-order valence-electron chi connectivity index (χ1n) is 15.5. The van der Waals surface area contributed by atoms with Crippen LogP contribution in [0.4, 0.5) is 17.1 Å². The zero-order valence-corrected chi connectivity index (χ0v) is 25.5. The lowest BCUT2D eigenvalue weighted by Gasteiger charge is -2.30. The maximum Gasteiger partial charge on any atom is 0.137 e. The van der Waals surface area contributed by atoms with Gasteiger partial charge in [0.2, 0.25) is 0 Å². The molecule has 2 aliphatic carbocycles. The number of anilines is 3. The minimum atomic E-state index is -0.0937. The van der Waals surface area contributed by atoms with Crippen molar-refractivity contribution in [1.82, 2.24) is 0 Å². The molecule has 0 N–H and O–H groups in total. The number of rotatable bonds is 3. The van der Waals surface area contributed by atoms with Crippen molar-refractivity contribution < 1.29 is 4.42 Å². The van der Waals surface area contributed by atoms with Crippen LogP contribution >= 0.6 is 0 Å². The van der Waals surface area contributed by atoms with Crippen LogP contribution in [0.3, 0.4) is 0 Å². The SMILES string of the molecule is CC1(C)c2ccccc2-c2ccc(N(c3ccc4c(c3)C(C)(C)c3ccccc3-4)c3cccc4oc5ccccc5c34)cc21. The largest absolute Gasteiger partial charge is 0.456 e. The van der Waals surface area contributed by atoms with E-state index in [0.29, 0.717) is 0 Å². The molecular weight excluding hydrogens is 534 g/mol. The number of para-hydroxylation sites is 1. The number of fused-ring (bicyclic) bond motifs is 9. The van der Waals surface area contributed by atoms with E-state index in [-0.39, 0.29) is 10.8 Å². The lowest BCUT2D eigenvalue weighted by atomic mass is 9.82. The molecule has 1 heterocycles. The smallest absolute Gasteiger partial charge is 0.137 e. The summed E-state index contributed by atoms with van der Waals surface area (Å²) in [6.45, 7) is 9.41. The van der Waals surface area contributed by atoms with Gasteiger partial charge in [-0.25, -0.2) is 0 Å². The van der Waals surface area contributed by atoms with Crippen molar-refractivity contribution in [2.45, 2.75) is 38.5 Å². The summed E-state index contributed by atoms with van der Waals surface area (Å²) in [5, 5.41) is 2.26. The summed E-state index contributed by atoms with van der Waals surface area (Å²) in [7, 11) is 0. The van der Waals surface area contributed by atoms with Crippen LogP contribution in [0.2, 0.25) is 0 Å². The van der Waals surface area contributed by atoms with Crippen molar-refractivity contribution in [2.75, 3.05) is 4.90 Å². The Balaban J connectivity index is 1.32. The summed E-state index contributed by atoms with van der Waals surface area (Å²) in [5.41, 5.74) is 15.9.